The maximum Gasteiger partial charge on any atom is 0.416 e. The highest BCUT2D eigenvalue weighted by molar-refractivity contribution is 5.96. The van der Waals surface area contributed by atoms with Crippen molar-refractivity contribution in [1.29, 1.82) is 0 Å². The molecule has 0 saturated heterocycles. The Bertz CT molecular complexity index is 578. The maximum absolute atomic E-state index is 12.6. The molecular weight excluding hydrogens is 323 g/mol. The maximum atomic E-state index is 12.6. The number of esters is 1. The van der Waals surface area contributed by atoms with E-state index in [2.05, 4.69) is 5.32 Å². The van der Waals surface area contributed by atoms with Gasteiger partial charge in [0.2, 0.25) is 0 Å². The minimum Gasteiger partial charge on any atom is -0.467 e. The molecule has 24 heavy (non-hydrogen) atoms. The van der Waals surface area contributed by atoms with Crippen molar-refractivity contribution in [3.8, 4) is 0 Å². The highest BCUT2D eigenvalue weighted by Gasteiger charge is 2.33. The van der Waals surface area contributed by atoms with Gasteiger partial charge in [-0.1, -0.05) is 19.3 Å². The zero-order chi connectivity index (χ0) is 17.7. The average molecular weight is 343 g/mol. The minimum atomic E-state index is -4.45. The van der Waals surface area contributed by atoms with Crippen molar-refractivity contribution < 1.29 is 27.5 Å². The van der Waals surface area contributed by atoms with E-state index >= 15 is 0 Å². The van der Waals surface area contributed by atoms with Crippen molar-refractivity contribution in [2.75, 3.05) is 7.11 Å². The van der Waals surface area contributed by atoms with E-state index in [-0.39, 0.29) is 11.5 Å². The molecule has 7 heteroatoms. The number of alkyl halides is 3. The van der Waals surface area contributed by atoms with Crippen LogP contribution in [-0.4, -0.2) is 25.0 Å². The van der Waals surface area contributed by atoms with E-state index in [1.165, 1.54) is 7.11 Å². The second-order valence-corrected chi connectivity index (χ2v) is 5.95. The largest absolute Gasteiger partial charge is 0.467 e. The third-order valence-corrected chi connectivity index (χ3v) is 4.34. The van der Waals surface area contributed by atoms with Gasteiger partial charge in [0, 0.05) is 5.56 Å². The first-order valence-corrected chi connectivity index (χ1v) is 7.89. The van der Waals surface area contributed by atoms with Gasteiger partial charge in [0.05, 0.1) is 12.7 Å². The lowest BCUT2D eigenvalue weighted by Crippen LogP contribution is -2.47. The predicted molar refractivity (Wildman–Crippen MR) is 81.3 cm³/mol. The Morgan fingerprint density at radius 3 is 2.21 bits per heavy atom. The quantitative estimate of drug-likeness (QED) is 0.851. The summed E-state index contributed by atoms with van der Waals surface area (Å²) in [4.78, 5) is 24.3. The van der Waals surface area contributed by atoms with E-state index in [1.807, 2.05) is 0 Å². The smallest absolute Gasteiger partial charge is 0.416 e. The summed E-state index contributed by atoms with van der Waals surface area (Å²) in [6.45, 7) is 0. The van der Waals surface area contributed by atoms with Crippen molar-refractivity contribution in [3.63, 3.8) is 0 Å². The molecule has 1 amide bonds. The normalized spacial score (nSPS) is 17.2. The number of hydrogen-bond donors (Lipinski definition) is 1. The number of rotatable bonds is 4. The second kappa shape index (κ2) is 7.68. The van der Waals surface area contributed by atoms with Gasteiger partial charge in [0.25, 0.3) is 5.91 Å². The summed E-state index contributed by atoms with van der Waals surface area (Å²) in [7, 11) is 1.25. The van der Waals surface area contributed by atoms with Gasteiger partial charge in [-0.15, -0.1) is 0 Å². The van der Waals surface area contributed by atoms with Gasteiger partial charge in [0.1, 0.15) is 6.04 Å². The summed E-state index contributed by atoms with van der Waals surface area (Å²) < 4.78 is 42.5. The van der Waals surface area contributed by atoms with Crippen molar-refractivity contribution in [1.82, 2.24) is 5.32 Å². The summed E-state index contributed by atoms with van der Waals surface area (Å²) in [5, 5.41) is 2.62. The van der Waals surface area contributed by atoms with Crippen LogP contribution in [0.5, 0.6) is 0 Å². The molecular formula is C17H20F3NO3. The molecule has 1 aliphatic carbocycles. The lowest BCUT2D eigenvalue weighted by Gasteiger charge is -2.29. The van der Waals surface area contributed by atoms with Crippen LogP contribution in [0.3, 0.4) is 0 Å². The molecule has 0 heterocycles. The van der Waals surface area contributed by atoms with Gasteiger partial charge in [0.15, 0.2) is 0 Å². The van der Waals surface area contributed by atoms with Gasteiger partial charge in [-0.05, 0) is 43.0 Å². The third-order valence-electron chi connectivity index (χ3n) is 4.34. The number of benzene rings is 1. The molecule has 1 aliphatic rings. The zero-order valence-corrected chi connectivity index (χ0v) is 13.4. The van der Waals surface area contributed by atoms with Gasteiger partial charge in [-0.2, -0.15) is 13.2 Å². The average Bonchev–Trinajstić information content (AvgIpc) is 2.59. The predicted octanol–water partition coefficient (Wildman–Crippen LogP) is 3.56. The fourth-order valence-corrected chi connectivity index (χ4v) is 3.00. The molecule has 0 aliphatic heterocycles. The molecule has 1 N–H and O–H groups in total. The number of hydrogen-bond acceptors (Lipinski definition) is 3. The van der Waals surface area contributed by atoms with Crippen LogP contribution in [0.15, 0.2) is 24.3 Å². The molecule has 1 saturated carbocycles. The second-order valence-electron chi connectivity index (χ2n) is 5.95. The van der Waals surface area contributed by atoms with Crippen LogP contribution in [0.2, 0.25) is 0 Å². The van der Waals surface area contributed by atoms with Gasteiger partial charge in [-0.25, -0.2) is 4.79 Å². The molecule has 0 bridgehead atoms. The van der Waals surface area contributed by atoms with E-state index in [9.17, 15) is 22.8 Å². The highest BCUT2D eigenvalue weighted by Crippen LogP contribution is 2.29. The first-order valence-electron chi connectivity index (χ1n) is 7.89. The zero-order valence-electron chi connectivity index (χ0n) is 13.4. The van der Waals surface area contributed by atoms with Gasteiger partial charge >= 0.3 is 12.1 Å². The number of carbonyl (C=O) groups excluding carboxylic acids is 2. The fourth-order valence-electron chi connectivity index (χ4n) is 3.00. The Morgan fingerprint density at radius 2 is 1.71 bits per heavy atom. The summed E-state index contributed by atoms with van der Waals surface area (Å²) in [6, 6.07) is 3.14. The van der Waals surface area contributed by atoms with Crippen LogP contribution >= 0.6 is 0 Å². The molecule has 132 valence electrons. The number of amides is 1. The van der Waals surface area contributed by atoms with E-state index in [0.29, 0.717) is 0 Å². The first-order chi connectivity index (χ1) is 11.3. The molecule has 0 spiro atoms. The molecule has 1 aromatic carbocycles. The molecule has 2 rings (SSSR count). The number of halogens is 3. The Kier molecular flexibility index (Phi) is 5.85. The standard InChI is InChI=1S/C17H20F3NO3/c1-24-16(23)14(11-5-3-2-4-6-11)21-15(22)12-7-9-13(10-8-12)17(18,19)20/h7-11,14H,2-6H2,1H3,(H,21,22)/t14-/m0/s1. The molecule has 0 unspecified atom stereocenters. The van der Waals surface area contributed by atoms with Gasteiger partial charge in [-0.3, -0.25) is 4.79 Å². The summed E-state index contributed by atoms with van der Waals surface area (Å²) in [6.07, 6.45) is 0.228. The lowest BCUT2D eigenvalue weighted by atomic mass is 9.83. The summed E-state index contributed by atoms with van der Waals surface area (Å²) in [5.41, 5.74) is -0.747. The number of methoxy groups -OCH3 is 1. The van der Waals surface area contributed by atoms with E-state index in [0.717, 1.165) is 56.4 Å². The molecule has 0 aromatic heterocycles. The Hall–Kier alpha value is -2.05. The highest BCUT2D eigenvalue weighted by atomic mass is 19.4. The number of ether oxygens (including phenoxy) is 1. The molecule has 1 aromatic rings. The van der Waals surface area contributed by atoms with Crippen LogP contribution in [-0.2, 0) is 15.7 Å². The van der Waals surface area contributed by atoms with Crippen LogP contribution in [0.1, 0.15) is 48.0 Å². The molecule has 1 fully saturated rings. The summed E-state index contributed by atoms with van der Waals surface area (Å²) in [5.74, 6) is -1.11. The summed E-state index contributed by atoms with van der Waals surface area (Å²) >= 11 is 0. The monoisotopic (exact) mass is 343 g/mol. The molecule has 4 nitrogen and oxygen atoms in total. The number of nitrogens with one attached hydrogen (secondary N) is 1. The molecule has 0 radical (unpaired) electrons. The Morgan fingerprint density at radius 1 is 1.12 bits per heavy atom. The Balaban J connectivity index is 2.10. The third kappa shape index (κ3) is 4.49. The lowest BCUT2D eigenvalue weighted by molar-refractivity contribution is -0.144. The van der Waals surface area contributed by atoms with Crippen molar-refractivity contribution in [2.45, 2.75) is 44.3 Å². The van der Waals surface area contributed by atoms with Gasteiger partial charge < -0.3 is 10.1 Å². The van der Waals surface area contributed by atoms with E-state index < -0.39 is 29.7 Å². The van der Waals surface area contributed by atoms with Crippen LogP contribution in [0.25, 0.3) is 0 Å². The van der Waals surface area contributed by atoms with Crippen LogP contribution in [0.4, 0.5) is 13.2 Å². The first kappa shape index (κ1) is 18.3. The van der Waals surface area contributed by atoms with Crippen molar-refractivity contribution in [3.05, 3.63) is 35.4 Å². The van der Waals surface area contributed by atoms with Crippen LogP contribution in [0, 0.1) is 5.92 Å². The SMILES string of the molecule is COC(=O)[C@@H](NC(=O)c1ccc(C(F)(F)F)cc1)C1CCCCC1. The Labute approximate surface area is 138 Å². The van der Waals surface area contributed by atoms with Crippen molar-refractivity contribution in [2.24, 2.45) is 5.92 Å². The van der Waals surface area contributed by atoms with Crippen molar-refractivity contribution >= 4 is 11.9 Å². The van der Waals surface area contributed by atoms with E-state index in [1.54, 1.807) is 0 Å². The number of carbonyl (C=O) groups is 2. The topological polar surface area (TPSA) is 55.4 Å². The minimum absolute atomic E-state index is 0.00963. The fraction of sp³-hybridized carbons (Fsp3) is 0.529. The van der Waals surface area contributed by atoms with E-state index in [4.69, 9.17) is 4.74 Å². The molecule has 1 atom stereocenters. The van der Waals surface area contributed by atoms with Crippen LogP contribution < -0.4 is 5.32 Å².